The van der Waals surface area contributed by atoms with Crippen molar-refractivity contribution in [3.63, 3.8) is 0 Å². The van der Waals surface area contributed by atoms with Crippen LogP contribution in [0.15, 0.2) is 126 Å². The lowest BCUT2D eigenvalue weighted by molar-refractivity contribution is -0.139. The number of carboxylic acids is 1. The van der Waals surface area contributed by atoms with Crippen molar-refractivity contribution in [1.82, 2.24) is 0 Å². The molecule has 0 saturated carbocycles. The Balaban J connectivity index is 1.55. The molecule has 42 heavy (non-hydrogen) atoms. The molecule has 0 fully saturated rings. The van der Waals surface area contributed by atoms with Crippen LogP contribution in [0.3, 0.4) is 0 Å². The molecule has 0 aliphatic heterocycles. The molecule has 0 radical (unpaired) electrons. The SMILES string of the molecule is Cc1cc(SCC=C(c2ccccc2-c2ccc(N)cc2)c2ccccc2-c2ccc(N)cc2)ccc1OCC(=O)O. The number of rotatable bonds is 10. The fourth-order valence-corrected chi connectivity index (χ4v) is 5.73. The van der Waals surface area contributed by atoms with Crippen LogP contribution in [0.4, 0.5) is 11.4 Å². The topological polar surface area (TPSA) is 98.6 Å². The van der Waals surface area contributed by atoms with Crippen molar-refractivity contribution in [3.05, 3.63) is 138 Å². The van der Waals surface area contributed by atoms with E-state index in [9.17, 15) is 4.79 Å². The van der Waals surface area contributed by atoms with Crippen molar-refractivity contribution >= 4 is 34.7 Å². The van der Waals surface area contributed by atoms with Crippen LogP contribution < -0.4 is 16.2 Å². The monoisotopic (exact) mass is 572 g/mol. The van der Waals surface area contributed by atoms with Crippen LogP contribution >= 0.6 is 11.8 Å². The normalized spacial score (nSPS) is 10.7. The van der Waals surface area contributed by atoms with Gasteiger partial charge in [0.2, 0.25) is 0 Å². The summed E-state index contributed by atoms with van der Waals surface area (Å²) in [5, 5.41) is 8.94. The van der Waals surface area contributed by atoms with E-state index in [4.69, 9.17) is 21.3 Å². The van der Waals surface area contributed by atoms with E-state index in [1.54, 1.807) is 11.8 Å². The van der Waals surface area contributed by atoms with E-state index in [1.165, 1.54) is 0 Å². The van der Waals surface area contributed by atoms with Gasteiger partial charge in [-0.15, -0.1) is 11.8 Å². The van der Waals surface area contributed by atoms with Gasteiger partial charge in [0.1, 0.15) is 5.75 Å². The quantitative estimate of drug-likeness (QED) is 0.115. The zero-order chi connectivity index (χ0) is 29.5. The van der Waals surface area contributed by atoms with Gasteiger partial charge < -0.3 is 21.3 Å². The summed E-state index contributed by atoms with van der Waals surface area (Å²) in [6.07, 6.45) is 2.28. The van der Waals surface area contributed by atoms with Gasteiger partial charge in [-0.3, -0.25) is 0 Å². The van der Waals surface area contributed by atoms with Gasteiger partial charge >= 0.3 is 5.97 Å². The molecule has 5 aromatic carbocycles. The number of thioether (sulfide) groups is 1. The number of aryl methyl sites for hydroxylation is 1. The lowest BCUT2D eigenvalue weighted by atomic mass is 9.86. The van der Waals surface area contributed by atoms with Crippen LogP contribution in [0.1, 0.15) is 16.7 Å². The first-order chi connectivity index (χ1) is 20.4. The molecule has 5 rings (SSSR count). The Bertz CT molecular complexity index is 1640. The molecular formula is C36H32N2O3S. The van der Waals surface area contributed by atoms with Gasteiger partial charge in [0.15, 0.2) is 6.61 Å². The van der Waals surface area contributed by atoms with Crippen LogP contribution in [0.2, 0.25) is 0 Å². The maximum atomic E-state index is 10.9. The van der Waals surface area contributed by atoms with E-state index in [2.05, 4.69) is 78.9 Å². The molecule has 0 bridgehead atoms. The highest BCUT2D eigenvalue weighted by Crippen LogP contribution is 2.38. The van der Waals surface area contributed by atoms with E-state index in [1.807, 2.05) is 49.4 Å². The third-order valence-corrected chi connectivity index (χ3v) is 7.83. The minimum absolute atomic E-state index is 0.361. The second-order valence-corrected chi connectivity index (χ2v) is 11.0. The predicted octanol–water partition coefficient (Wildman–Crippen LogP) is 8.18. The lowest BCUT2D eigenvalue weighted by Gasteiger charge is -2.18. The average Bonchev–Trinajstić information content (AvgIpc) is 3.00. The van der Waals surface area contributed by atoms with E-state index in [0.29, 0.717) is 5.75 Å². The standard InChI is InChI=1S/C36H32N2O3S/c1-24-22-29(18-19-35(24)41-23-36(39)40)42-21-20-34(32-8-4-2-6-30(32)25-10-14-27(37)15-11-25)33-9-5-3-7-31(33)26-12-16-28(38)17-13-26/h2-20,22H,21,23,37-38H2,1H3,(H,39,40). The number of ether oxygens (including phenoxy) is 1. The largest absolute Gasteiger partial charge is 0.482 e. The molecule has 0 spiro atoms. The Hall–Kier alpha value is -4.94. The van der Waals surface area contributed by atoms with Gasteiger partial charge in [-0.1, -0.05) is 78.9 Å². The Kier molecular flexibility index (Phi) is 8.95. The minimum Gasteiger partial charge on any atom is -0.482 e. The van der Waals surface area contributed by atoms with E-state index in [0.717, 1.165) is 66.5 Å². The Morgan fingerprint density at radius 1 is 0.762 bits per heavy atom. The summed E-state index contributed by atoms with van der Waals surface area (Å²) in [5.74, 6) is 0.299. The molecule has 0 aromatic heterocycles. The van der Waals surface area contributed by atoms with Crippen molar-refractivity contribution in [3.8, 4) is 28.0 Å². The summed E-state index contributed by atoms with van der Waals surface area (Å²) < 4.78 is 5.40. The first-order valence-corrected chi connectivity index (χ1v) is 14.6. The Morgan fingerprint density at radius 2 is 1.29 bits per heavy atom. The highest BCUT2D eigenvalue weighted by atomic mass is 32.2. The van der Waals surface area contributed by atoms with Crippen molar-refractivity contribution in [1.29, 1.82) is 0 Å². The van der Waals surface area contributed by atoms with Crippen molar-refractivity contribution in [2.45, 2.75) is 11.8 Å². The van der Waals surface area contributed by atoms with Gasteiger partial charge in [0, 0.05) is 22.0 Å². The van der Waals surface area contributed by atoms with E-state index in [-0.39, 0.29) is 6.61 Å². The van der Waals surface area contributed by atoms with Crippen molar-refractivity contribution < 1.29 is 14.6 Å². The highest BCUT2D eigenvalue weighted by molar-refractivity contribution is 7.99. The number of hydrogen-bond acceptors (Lipinski definition) is 5. The molecule has 0 amide bonds. The number of nitrogen functional groups attached to an aromatic ring is 2. The molecule has 5 nitrogen and oxygen atoms in total. The van der Waals surface area contributed by atoms with Crippen LogP contribution in [-0.2, 0) is 4.79 Å². The Labute approximate surface area is 250 Å². The van der Waals surface area contributed by atoms with Crippen LogP contribution in [0.25, 0.3) is 27.8 Å². The summed E-state index contributed by atoms with van der Waals surface area (Å²) in [4.78, 5) is 12.0. The molecule has 6 heteroatoms. The number of nitrogens with two attached hydrogens (primary N) is 2. The highest BCUT2D eigenvalue weighted by Gasteiger charge is 2.16. The van der Waals surface area contributed by atoms with E-state index < -0.39 is 5.97 Å². The number of hydrogen-bond donors (Lipinski definition) is 3. The van der Waals surface area contributed by atoms with Gasteiger partial charge in [0.05, 0.1) is 0 Å². The molecule has 5 N–H and O–H groups in total. The van der Waals surface area contributed by atoms with Crippen molar-refractivity contribution in [2.75, 3.05) is 23.8 Å². The fourth-order valence-electron chi connectivity index (χ4n) is 4.86. The first-order valence-electron chi connectivity index (χ1n) is 13.6. The van der Waals surface area contributed by atoms with Gasteiger partial charge in [-0.2, -0.15) is 0 Å². The summed E-state index contributed by atoms with van der Waals surface area (Å²) >= 11 is 1.71. The van der Waals surface area contributed by atoms with Gasteiger partial charge in [-0.25, -0.2) is 4.79 Å². The second kappa shape index (κ2) is 13.1. The maximum Gasteiger partial charge on any atom is 0.341 e. The summed E-state index contributed by atoms with van der Waals surface area (Å²) in [6, 6.07) is 38.7. The molecule has 5 aromatic rings. The summed E-state index contributed by atoms with van der Waals surface area (Å²) in [6.45, 7) is 1.56. The smallest absolute Gasteiger partial charge is 0.341 e. The zero-order valence-corrected chi connectivity index (χ0v) is 24.1. The van der Waals surface area contributed by atoms with Crippen LogP contribution in [-0.4, -0.2) is 23.4 Å². The first kappa shape index (κ1) is 28.6. The third-order valence-electron chi connectivity index (χ3n) is 6.91. The zero-order valence-electron chi connectivity index (χ0n) is 23.3. The van der Waals surface area contributed by atoms with Crippen molar-refractivity contribution in [2.24, 2.45) is 0 Å². The lowest BCUT2D eigenvalue weighted by Crippen LogP contribution is -2.09. The molecular weight excluding hydrogens is 540 g/mol. The van der Waals surface area contributed by atoms with Crippen LogP contribution in [0, 0.1) is 6.92 Å². The number of aliphatic carboxylic acids is 1. The predicted molar refractivity (Wildman–Crippen MR) is 175 cm³/mol. The Morgan fingerprint density at radius 3 is 1.79 bits per heavy atom. The van der Waals surface area contributed by atoms with Gasteiger partial charge in [-0.05, 0) is 93.9 Å². The number of carbonyl (C=O) groups is 1. The molecule has 0 atom stereocenters. The van der Waals surface area contributed by atoms with Crippen LogP contribution in [0.5, 0.6) is 5.75 Å². The summed E-state index contributed by atoms with van der Waals surface area (Å²) in [7, 11) is 0. The molecule has 0 heterocycles. The fraction of sp³-hybridized carbons (Fsp3) is 0.0833. The average molecular weight is 573 g/mol. The minimum atomic E-state index is -0.996. The molecule has 0 aliphatic carbocycles. The number of benzene rings is 5. The van der Waals surface area contributed by atoms with E-state index >= 15 is 0 Å². The molecule has 0 saturated heterocycles. The molecule has 0 aliphatic rings. The third kappa shape index (κ3) is 6.85. The maximum absolute atomic E-state index is 10.9. The second-order valence-electron chi connectivity index (χ2n) is 9.87. The molecule has 210 valence electrons. The number of carboxylic acid groups (broad SMARTS) is 1. The summed E-state index contributed by atoms with van der Waals surface area (Å²) in [5.41, 5.74) is 22.2. The molecule has 0 unspecified atom stereocenters. The van der Waals surface area contributed by atoms with Gasteiger partial charge in [0.25, 0.3) is 0 Å². The number of anilines is 2.